The summed E-state index contributed by atoms with van der Waals surface area (Å²) in [6.45, 7) is 4.80. The maximum Gasteiger partial charge on any atom is 0.268 e. The molecule has 1 amide bonds. The summed E-state index contributed by atoms with van der Waals surface area (Å²) in [5, 5.41) is 9.63. The standard InChI is InChI=1S/C16H23NO3/c1-3-5-6-7-10-17-13-11-12(18)8-9-15(13)20-14(4-2)16(17)19/h8-9,11,14,18H,3-7,10H2,1-2H3. The van der Waals surface area contributed by atoms with E-state index in [0.717, 1.165) is 12.8 Å². The number of hydrogen-bond acceptors (Lipinski definition) is 3. The number of hydrogen-bond donors (Lipinski definition) is 1. The van der Waals surface area contributed by atoms with E-state index in [0.29, 0.717) is 24.4 Å². The average molecular weight is 277 g/mol. The Kier molecular flexibility index (Phi) is 4.88. The Morgan fingerprint density at radius 2 is 2.05 bits per heavy atom. The fourth-order valence-corrected chi connectivity index (χ4v) is 2.50. The van der Waals surface area contributed by atoms with Crippen molar-refractivity contribution in [2.75, 3.05) is 11.4 Å². The molecule has 110 valence electrons. The van der Waals surface area contributed by atoms with Gasteiger partial charge in [0.15, 0.2) is 6.10 Å². The monoisotopic (exact) mass is 277 g/mol. The first kappa shape index (κ1) is 14.7. The highest BCUT2D eigenvalue weighted by molar-refractivity contribution is 6.00. The number of aromatic hydroxyl groups is 1. The van der Waals surface area contributed by atoms with Gasteiger partial charge in [-0.1, -0.05) is 33.1 Å². The number of phenols is 1. The molecule has 0 fully saturated rings. The Balaban J connectivity index is 2.18. The van der Waals surface area contributed by atoms with Crippen molar-refractivity contribution in [2.24, 2.45) is 0 Å². The van der Waals surface area contributed by atoms with Gasteiger partial charge in [0.2, 0.25) is 0 Å². The third-order valence-electron chi connectivity index (χ3n) is 3.65. The van der Waals surface area contributed by atoms with Crippen LogP contribution in [0.4, 0.5) is 5.69 Å². The zero-order valence-electron chi connectivity index (χ0n) is 12.3. The van der Waals surface area contributed by atoms with Gasteiger partial charge in [-0.15, -0.1) is 0 Å². The van der Waals surface area contributed by atoms with Crippen molar-refractivity contribution in [1.29, 1.82) is 0 Å². The van der Waals surface area contributed by atoms with Crippen LogP contribution in [0.2, 0.25) is 0 Å². The number of rotatable bonds is 6. The Labute approximate surface area is 120 Å². The summed E-state index contributed by atoms with van der Waals surface area (Å²) >= 11 is 0. The number of benzene rings is 1. The van der Waals surface area contributed by atoms with Crippen molar-refractivity contribution in [3.05, 3.63) is 18.2 Å². The molecule has 1 heterocycles. The number of fused-ring (bicyclic) bond motifs is 1. The summed E-state index contributed by atoms with van der Waals surface area (Å²) < 4.78 is 5.70. The van der Waals surface area contributed by atoms with Crippen LogP contribution < -0.4 is 9.64 Å². The summed E-state index contributed by atoms with van der Waals surface area (Å²) in [5.41, 5.74) is 0.691. The van der Waals surface area contributed by atoms with E-state index >= 15 is 0 Å². The molecule has 4 heteroatoms. The second-order valence-corrected chi connectivity index (χ2v) is 5.22. The zero-order valence-corrected chi connectivity index (χ0v) is 12.3. The Bertz CT molecular complexity index is 473. The number of anilines is 1. The molecule has 0 aromatic heterocycles. The molecule has 0 spiro atoms. The number of carbonyl (C=O) groups excluding carboxylic acids is 1. The lowest BCUT2D eigenvalue weighted by atomic mass is 10.1. The number of amides is 1. The van der Waals surface area contributed by atoms with Gasteiger partial charge >= 0.3 is 0 Å². The summed E-state index contributed by atoms with van der Waals surface area (Å²) in [6.07, 6.45) is 4.70. The molecule has 1 unspecified atom stereocenters. The van der Waals surface area contributed by atoms with Crippen molar-refractivity contribution in [3.8, 4) is 11.5 Å². The molecule has 1 aliphatic heterocycles. The van der Waals surface area contributed by atoms with Gasteiger partial charge in [0.1, 0.15) is 11.5 Å². The van der Waals surface area contributed by atoms with E-state index in [4.69, 9.17) is 4.74 Å². The Morgan fingerprint density at radius 3 is 2.75 bits per heavy atom. The predicted octanol–water partition coefficient (Wildman–Crippen LogP) is 3.48. The van der Waals surface area contributed by atoms with Gasteiger partial charge in [0.25, 0.3) is 5.91 Å². The van der Waals surface area contributed by atoms with Crippen LogP contribution in [-0.4, -0.2) is 23.7 Å². The van der Waals surface area contributed by atoms with Crippen molar-refractivity contribution in [3.63, 3.8) is 0 Å². The number of phenolic OH excluding ortho intramolecular Hbond substituents is 1. The lowest BCUT2D eigenvalue weighted by Gasteiger charge is -2.34. The van der Waals surface area contributed by atoms with Crippen LogP contribution in [0.3, 0.4) is 0 Å². The minimum Gasteiger partial charge on any atom is -0.508 e. The number of nitrogens with zero attached hydrogens (tertiary/aromatic N) is 1. The molecule has 2 rings (SSSR count). The van der Waals surface area contributed by atoms with E-state index < -0.39 is 6.10 Å². The lowest BCUT2D eigenvalue weighted by Crippen LogP contribution is -2.46. The maximum absolute atomic E-state index is 12.4. The SMILES string of the molecule is CCCCCCN1C(=O)C(CC)Oc2ccc(O)cc21. The third-order valence-corrected chi connectivity index (χ3v) is 3.65. The summed E-state index contributed by atoms with van der Waals surface area (Å²) in [4.78, 5) is 14.2. The molecule has 0 saturated heterocycles. The molecule has 0 bridgehead atoms. The highest BCUT2D eigenvalue weighted by Crippen LogP contribution is 2.37. The fourth-order valence-electron chi connectivity index (χ4n) is 2.50. The summed E-state index contributed by atoms with van der Waals surface area (Å²) in [6, 6.07) is 4.94. The minimum absolute atomic E-state index is 0.00194. The van der Waals surface area contributed by atoms with Gasteiger partial charge in [-0.25, -0.2) is 0 Å². The molecule has 0 saturated carbocycles. The predicted molar refractivity (Wildman–Crippen MR) is 79.3 cm³/mol. The second kappa shape index (κ2) is 6.64. The average Bonchev–Trinajstić information content (AvgIpc) is 2.45. The number of ether oxygens (including phenoxy) is 1. The van der Waals surface area contributed by atoms with Crippen LogP contribution in [0.5, 0.6) is 11.5 Å². The molecular formula is C16H23NO3. The summed E-state index contributed by atoms with van der Waals surface area (Å²) in [5.74, 6) is 0.848. The Morgan fingerprint density at radius 1 is 1.25 bits per heavy atom. The van der Waals surface area contributed by atoms with Gasteiger partial charge in [0, 0.05) is 12.6 Å². The van der Waals surface area contributed by atoms with Crippen LogP contribution >= 0.6 is 0 Å². The quantitative estimate of drug-likeness (QED) is 0.810. The molecule has 1 aromatic rings. The smallest absolute Gasteiger partial charge is 0.268 e. The topological polar surface area (TPSA) is 49.8 Å². The molecular weight excluding hydrogens is 254 g/mol. The van der Waals surface area contributed by atoms with E-state index in [1.807, 2.05) is 6.92 Å². The van der Waals surface area contributed by atoms with Crippen LogP contribution in [0, 0.1) is 0 Å². The van der Waals surface area contributed by atoms with Crippen LogP contribution in [0.1, 0.15) is 46.0 Å². The third kappa shape index (κ3) is 3.06. The van der Waals surface area contributed by atoms with Crippen LogP contribution in [-0.2, 0) is 4.79 Å². The first-order valence-corrected chi connectivity index (χ1v) is 7.48. The van der Waals surface area contributed by atoms with Crippen molar-refractivity contribution in [1.82, 2.24) is 0 Å². The summed E-state index contributed by atoms with van der Waals surface area (Å²) in [7, 11) is 0. The van der Waals surface area contributed by atoms with Gasteiger partial charge in [-0.05, 0) is 25.0 Å². The molecule has 1 N–H and O–H groups in total. The van der Waals surface area contributed by atoms with Gasteiger partial charge in [0.05, 0.1) is 5.69 Å². The van der Waals surface area contributed by atoms with E-state index in [1.165, 1.54) is 12.8 Å². The van der Waals surface area contributed by atoms with Crippen molar-refractivity contribution in [2.45, 2.75) is 52.1 Å². The highest BCUT2D eigenvalue weighted by Gasteiger charge is 2.33. The van der Waals surface area contributed by atoms with Crippen LogP contribution in [0.25, 0.3) is 0 Å². The van der Waals surface area contributed by atoms with E-state index in [-0.39, 0.29) is 11.7 Å². The van der Waals surface area contributed by atoms with Crippen molar-refractivity contribution >= 4 is 11.6 Å². The molecule has 1 aromatic carbocycles. The minimum atomic E-state index is -0.404. The van der Waals surface area contributed by atoms with Gasteiger partial charge in [-0.3, -0.25) is 4.79 Å². The van der Waals surface area contributed by atoms with E-state index in [2.05, 4.69) is 6.92 Å². The number of carbonyl (C=O) groups is 1. The lowest BCUT2D eigenvalue weighted by molar-refractivity contribution is -0.126. The van der Waals surface area contributed by atoms with Crippen LogP contribution in [0.15, 0.2) is 18.2 Å². The molecule has 1 atom stereocenters. The zero-order chi connectivity index (χ0) is 14.5. The first-order chi connectivity index (χ1) is 9.67. The van der Waals surface area contributed by atoms with E-state index in [9.17, 15) is 9.90 Å². The first-order valence-electron chi connectivity index (χ1n) is 7.48. The molecule has 4 nitrogen and oxygen atoms in total. The maximum atomic E-state index is 12.4. The van der Waals surface area contributed by atoms with E-state index in [1.54, 1.807) is 23.1 Å². The second-order valence-electron chi connectivity index (χ2n) is 5.22. The normalized spacial score (nSPS) is 17.8. The Hall–Kier alpha value is -1.71. The van der Waals surface area contributed by atoms with Crippen molar-refractivity contribution < 1.29 is 14.6 Å². The highest BCUT2D eigenvalue weighted by atomic mass is 16.5. The fraction of sp³-hybridized carbons (Fsp3) is 0.562. The molecule has 0 aliphatic carbocycles. The molecule has 20 heavy (non-hydrogen) atoms. The molecule has 1 aliphatic rings. The van der Waals surface area contributed by atoms with Gasteiger partial charge in [-0.2, -0.15) is 0 Å². The molecule has 0 radical (unpaired) electrons. The van der Waals surface area contributed by atoms with Gasteiger partial charge < -0.3 is 14.7 Å². The largest absolute Gasteiger partial charge is 0.508 e. The number of unbranched alkanes of at least 4 members (excludes halogenated alkanes) is 3.